The highest BCUT2D eigenvalue weighted by Crippen LogP contribution is 2.29. The van der Waals surface area contributed by atoms with Crippen molar-refractivity contribution in [1.82, 2.24) is 20.2 Å². The van der Waals surface area contributed by atoms with Gasteiger partial charge in [-0.2, -0.15) is 5.10 Å². The predicted octanol–water partition coefficient (Wildman–Crippen LogP) is 5.50. The summed E-state index contributed by atoms with van der Waals surface area (Å²) in [6.07, 6.45) is 1.53. The Morgan fingerprint density at radius 1 is 0.972 bits per heavy atom. The molecule has 0 aliphatic heterocycles. The molecule has 36 heavy (non-hydrogen) atoms. The third-order valence-corrected chi connectivity index (χ3v) is 6.40. The van der Waals surface area contributed by atoms with E-state index >= 15 is 0 Å². The second-order valence-corrected chi connectivity index (χ2v) is 9.14. The lowest BCUT2D eigenvalue weighted by molar-refractivity contribution is -0.118. The second-order valence-electron chi connectivity index (χ2n) is 7.32. The predicted molar refractivity (Wildman–Crippen MR) is 143 cm³/mol. The summed E-state index contributed by atoms with van der Waals surface area (Å²) in [7, 11) is 3.12. The van der Waals surface area contributed by atoms with Crippen LogP contribution in [0.5, 0.6) is 11.5 Å². The highest BCUT2D eigenvalue weighted by Gasteiger charge is 2.17. The number of thioether (sulfide) groups is 1. The van der Waals surface area contributed by atoms with Crippen molar-refractivity contribution in [3.63, 3.8) is 0 Å². The van der Waals surface area contributed by atoms with Crippen LogP contribution in [0.3, 0.4) is 0 Å². The number of nitrogens with zero attached hydrogens (tertiary/aromatic N) is 4. The Bertz CT molecular complexity index is 1380. The molecule has 4 aromatic rings. The summed E-state index contributed by atoms with van der Waals surface area (Å²) in [5.41, 5.74) is 4.91. The van der Waals surface area contributed by atoms with E-state index in [2.05, 4.69) is 20.7 Å². The number of aromatic nitrogens is 3. The Hall–Kier alpha value is -3.53. The van der Waals surface area contributed by atoms with Crippen molar-refractivity contribution in [2.24, 2.45) is 5.10 Å². The fourth-order valence-corrected chi connectivity index (χ4v) is 4.24. The van der Waals surface area contributed by atoms with Crippen molar-refractivity contribution in [2.75, 3.05) is 20.0 Å². The Labute approximate surface area is 222 Å². The van der Waals surface area contributed by atoms with Crippen LogP contribution in [0.2, 0.25) is 10.0 Å². The number of ether oxygens (including phenoxy) is 2. The number of carbonyl (C=O) groups excluding carboxylic acids is 1. The van der Waals surface area contributed by atoms with Crippen molar-refractivity contribution in [1.29, 1.82) is 0 Å². The summed E-state index contributed by atoms with van der Waals surface area (Å²) in [6, 6.07) is 19.9. The van der Waals surface area contributed by atoms with Gasteiger partial charge in [-0.3, -0.25) is 9.36 Å². The third-order valence-electron chi connectivity index (χ3n) is 4.96. The van der Waals surface area contributed by atoms with Crippen molar-refractivity contribution in [3.05, 3.63) is 82.3 Å². The second kappa shape index (κ2) is 11.9. The molecule has 0 radical (unpaired) electrons. The van der Waals surface area contributed by atoms with Crippen LogP contribution >= 0.6 is 35.0 Å². The van der Waals surface area contributed by atoms with Crippen LogP contribution in [0.15, 0.2) is 77.0 Å². The Balaban J connectivity index is 1.48. The number of nitrogens with one attached hydrogen (secondary N) is 1. The van der Waals surface area contributed by atoms with Crippen LogP contribution in [0, 0.1) is 0 Å². The van der Waals surface area contributed by atoms with Gasteiger partial charge in [0.1, 0.15) is 0 Å². The van der Waals surface area contributed by atoms with Gasteiger partial charge in [0, 0.05) is 21.3 Å². The SMILES string of the molecule is COc1ccc(C=NNC(=O)CSc2nnc(-c3ccc(Cl)cc3)n2-c2ccc(Cl)cc2)cc1OC. The Morgan fingerprint density at radius 2 is 1.64 bits per heavy atom. The van der Waals surface area contributed by atoms with Gasteiger partial charge in [0.2, 0.25) is 0 Å². The molecule has 184 valence electrons. The molecule has 0 fully saturated rings. The van der Waals surface area contributed by atoms with Crippen molar-refractivity contribution in [2.45, 2.75) is 5.16 Å². The summed E-state index contributed by atoms with van der Waals surface area (Å²) < 4.78 is 12.4. The summed E-state index contributed by atoms with van der Waals surface area (Å²) in [6.45, 7) is 0. The summed E-state index contributed by atoms with van der Waals surface area (Å²) in [4.78, 5) is 12.5. The zero-order chi connectivity index (χ0) is 25.5. The van der Waals surface area contributed by atoms with Crippen LogP contribution in [0.25, 0.3) is 17.1 Å². The number of hydrogen-bond acceptors (Lipinski definition) is 7. The summed E-state index contributed by atoms with van der Waals surface area (Å²) in [5, 5.41) is 14.5. The quantitative estimate of drug-likeness (QED) is 0.171. The van der Waals surface area contributed by atoms with Gasteiger partial charge < -0.3 is 9.47 Å². The Morgan fingerprint density at radius 3 is 2.31 bits per heavy atom. The van der Waals surface area contributed by atoms with Gasteiger partial charge in [0.15, 0.2) is 22.5 Å². The van der Waals surface area contributed by atoms with E-state index in [-0.39, 0.29) is 11.7 Å². The van der Waals surface area contributed by atoms with Crippen LogP contribution in [-0.2, 0) is 4.79 Å². The maximum atomic E-state index is 12.5. The monoisotopic (exact) mass is 541 g/mol. The number of rotatable bonds is 9. The first-order valence-corrected chi connectivity index (χ1v) is 12.4. The van der Waals surface area contributed by atoms with E-state index < -0.39 is 0 Å². The number of hydrogen-bond donors (Lipinski definition) is 1. The van der Waals surface area contributed by atoms with E-state index in [1.165, 1.54) is 18.0 Å². The molecule has 1 N–H and O–H groups in total. The van der Waals surface area contributed by atoms with E-state index in [0.717, 1.165) is 16.8 Å². The number of methoxy groups -OCH3 is 2. The molecule has 0 atom stereocenters. The van der Waals surface area contributed by atoms with Crippen molar-refractivity contribution < 1.29 is 14.3 Å². The van der Waals surface area contributed by atoms with Gasteiger partial charge in [0.05, 0.1) is 26.2 Å². The first-order chi connectivity index (χ1) is 17.5. The maximum Gasteiger partial charge on any atom is 0.250 e. The first kappa shape index (κ1) is 25.6. The molecule has 0 saturated carbocycles. The minimum atomic E-state index is -0.296. The highest BCUT2D eigenvalue weighted by molar-refractivity contribution is 7.99. The van der Waals surface area contributed by atoms with Crippen molar-refractivity contribution >= 4 is 47.1 Å². The lowest BCUT2D eigenvalue weighted by atomic mass is 10.2. The van der Waals surface area contributed by atoms with Gasteiger partial charge in [-0.1, -0.05) is 35.0 Å². The molecule has 8 nitrogen and oxygen atoms in total. The molecule has 0 bridgehead atoms. The van der Waals surface area contributed by atoms with Gasteiger partial charge in [-0.25, -0.2) is 5.43 Å². The zero-order valence-electron chi connectivity index (χ0n) is 19.3. The molecule has 4 rings (SSSR count). The average Bonchev–Trinajstić information content (AvgIpc) is 3.32. The van der Waals surface area contributed by atoms with E-state index in [1.807, 2.05) is 28.8 Å². The van der Waals surface area contributed by atoms with Gasteiger partial charge in [-0.05, 0) is 72.3 Å². The number of hydrazone groups is 1. The molecule has 1 heterocycles. The molecule has 0 aliphatic carbocycles. The topological polar surface area (TPSA) is 90.6 Å². The molecule has 0 aliphatic rings. The summed E-state index contributed by atoms with van der Waals surface area (Å²) >= 11 is 13.4. The fraction of sp³-hybridized carbons (Fsp3) is 0.120. The zero-order valence-corrected chi connectivity index (χ0v) is 21.6. The smallest absolute Gasteiger partial charge is 0.250 e. The largest absolute Gasteiger partial charge is 0.493 e. The van der Waals surface area contributed by atoms with Crippen LogP contribution in [0.1, 0.15) is 5.56 Å². The van der Waals surface area contributed by atoms with Crippen LogP contribution in [0.4, 0.5) is 0 Å². The summed E-state index contributed by atoms with van der Waals surface area (Å²) in [5.74, 6) is 1.58. The minimum absolute atomic E-state index is 0.0790. The lowest BCUT2D eigenvalue weighted by Gasteiger charge is -2.10. The normalized spacial score (nSPS) is 11.0. The molecule has 1 amide bonds. The lowest BCUT2D eigenvalue weighted by Crippen LogP contribution is -2.20. The standard InChI is InChI=1S/C25H21Cl2N5O3S/c1-34-21-12-3-16(13-22(21)35-2)14-28-29-23(33)15-36-25-31-30-24(17-4-6-18(26)7-5-17)32(25)20-10-8-19(27)9-11-20/h3-14H,15H2,1-2H3,(H,29,33). The molecular formula is C25H21Cl2N5O3S. The van der Waals surface area contributed by atoms with E-state index in [1.54, 1.807) is 56.7 Å². The maximum absolute atomic E-state index is 12.5. The number of amides is 1. The molecule has 0 saturated heterocycles. The number of carbonyl (C=O) groups is 1. The molecule has 0 unspecified atom stereocenters. The molecular weight excluding hydrogens is 521 g/mol. The molecule has 3 aromatic carbocycles. The van der Waals surface area contributed by atoms with Crippen LogP contribution < -0.4 is 14.9 Å². The third kappa shape index (κ3) is 6.17. The van der Waals surface area contributed by atoms with E-state index in [4.69, 9.17) is 32.7 Å². The fourth-order valence-electron chi connectivity index (χ4n) is 3.25. The first-order valence-electron chi connectivity index (χ1n) is 10.6. The highest BCUT2D eigenvalue weighted by atomic mass is 35.5. The average molecular weight is 542 g/mol. The van der Waals surface area contributed by atoms with Gasteiger partial charge >= 0.3 is 0 Å². The molecule has 0 spiro atoms. The van der Waals surface area contributed by atoms with Gasteiger partial charge in [-0.15, -0.1) is 10.2 Å². The Kier molecular flexibility index (Phi) is 8.48. The minimum Gasteiger partial charge on any atom is -0.493 e. The molecule has 11 heteroatoms. The van der Waals surface area contributed by atoms with E-state index in [9.17, 15) is 4.79 Å². The number of benzene rings is 3. The molecule has 1 aromatic heterocycles. The van der Waals surface area contributed by atoms with E-state index in [0.29, 0.717) is 32.5 Å². The number of halogens is 2. The van der Waals surface area contributed by atoms with Crippen molar-refractivity contribution in [3.8, 4) is 28.6 Å². The van der Waals surface area contributed by atoms with Crippen LogP contribution in [-0.4, -0.2) is 46.9 Å². The van der Waals surface area contributed by atoms with Gasteiger partial charge in [0.25, 0.3) is 5.91 Å².